The second kappa shape index (κ2) is 6.78. The van der Waals surface area contributed by atoms with E-state index in [1.165, 1.54) is 20.9 Å². The summed E-state index contributed by atoms with van der Waals surface area (Å²) in [4.78, 5) is 2.49. The fourth-order valence-corrected chi connectivity index (χ4v) is 2.88. The quantitative estimate of drug-likeness (QED) is 0.820. The Morgan fingerprint density at radius 3 is 2.89 bits per heavy atom. The van der Waals surface area contributed by atoms with Crippen LogP contribution in [0.15, 0.2) is 40.4 Å². The number of hydrogen-bond acceptors (Lipinski definition) is 3. The van der Waals surface area contributed by atoms with Gasteiger partial charge in [0.05, 0.1) is 11.1 Å². The molecule has 0 aliphatic rings. The van der Waals surface area contributed by atoms with Crippen LogP contribution in [0.4, 0.5) is 0 Å². The second-order valence-corrected chi connectivity index (χ2v) is 5.86. The normalized spacial score (nSPS) is 10.9. The maximum atomic E-state index is 4.22. The van der Waals surface area contributed by atoms with Gasteiger partial charge in [-0.05, 0) is 31.5 Å². The monoisotopic (exact) mass is 275 g/mol. The maximum absolute atomic E-state index is 4.22. The van der Waals surface area contributed by atoms with Crippen molar-refractivity contribution in [2.75, 3.05) is 6.54 Å². The third-order valence-corrected chi connectivity index (χ3v) is 3.93. The highest BCUT2D eigenvalue weighted by molar-refractivity contribution is 7.99. The Bertz CT molecular complexity index is 534. The summed E-state index contributed by atoms with van der Waals surface area (Å²) in [6.07, 6.45) is 5.12. The topological polar surface area (TPSA) is 29.9 Å². The Hall–Kier alpha value is -1.26. The van der Waals surface area contributed by atoms with Gasteiger partial charge in [0.15, 0.2) is 0 Å². The van der Waals surface area contributed by atoms with Gasteiger partial charge in [0.2, 0.25) is 0 Å². The highest BCUT2D eigenvalue weighted by Gasteiger charge is 2.06. The first-order valence-electron chi connectivity index (χ1n) is 6.66. The molecule has 2 rings (SSSR count). The summed E-state index contributed by atoms with van der Waals surface area (Å²) >= 11 is 1.78. The second-order valence-electron chi connectivity index (χ2n) is 4.74. The molecular formula is C15H21N3S. The molecule has 0 radical (unpaired) electrons. The molecule has 0 atom stereocenters. The summed E-state index contributed by atoms with van der Waals surface area (Å²) in [5.74, 6) is 0. The minimum absolute atomic E-state index is 0.929. The standard InChI is InChI=1S/C15H21N3S/c1-4-7-16-9-13-8-12(2)5-6-15(13)19-14-10-17-18(3)11-14/h5-6,8,10-11,16H,4,7,9H2,1-3H3. The summed E-state index contributed by atoms with van der Waals surface area (Å²) < 4.78 is 1.84. The van der Waals surface area contributed by atoms with Crippen molar-refractivity contribution in [1.29, 1.82) is 0 Å². The first-order valence-corrected chi connectivity index (χ1v) is 7.47. The molecule has 1 aromatic heterocycles. The number of nitrogens with zero attached hydrogens (tertiary/aromatic N) is 2. The van der Waals surface area contributed by atoms with Crippen LogP contribution in [0.2, 0.25) is 0 Å². The van der Waals surface area contributed by atoms with Gasteiger partial charge in [-0.15, -0.1) is 0 Å². The van der Waals surface area contributed by atoms with E-state index in [0.29, 0.717) is 0 Å². The molecule has 3 nitrogen and oxygen atoms in total. The lowest BCUT2D eigenvalue weighted by Gasteiger charge is -2.10. The summed E-state index contributed by atoms with van der Waals surface area (Å²) in [5, 5.41) is 7.69. The smallest absolute Gasteiger partial charge is 0.0629 e. The first-order chi connectivity index (χ1) is 9.19. The maximum Gasteiger partial charge on any atom is 0.0629 e. The van der Waals surface area contributed by atoms with Crippen molar-refractivity contribution in [3.05, 3.63) is 41.7 Å². The van der Waals surface area contributed by atoms with E-state index in [-0.39, 0.29) is 0 Å². The van der Waals surface area contributed by atoms with Crippen molar-refractivity contribution in [2.24, 2.45) is 7.05 Å². The minimum atomic E-state index is 0.929. The first kappa shape index (κ1) is 14.2. The number of nitrogens with one attached hydrogen (secondary N) is 1. The lowest BCUT2D eigenvalue weighted by atomic mass is 10.1. The van der Waals surface area contributed by atoms with Crippen molar-refractivity contribution in [3.8, 4) is 0 Å². The van der Waals surface area contributed by atoms with Gasteiger partial charge >= 0.3 is 0 Å². The molecule has 0 saturated heterocycles. The van der Waals surface area contributed by atoms with Crippen molar-refractivity contribution in [2.45, 2.75) is 36.6 Å². The zero-order valence-electron chi connectivity index (χ0n) is 11.8. The average molecular weight is 275 g/mol. The van der Waals surface area contributed by atoms with Gasteiger partial charge in [0.1, 0.15) is 0 Å². The fourth-order valence-electron chi connectivity index (χ4n) is 1.92. The fraction of sp³-hybridized carbons (Fsp3) is 0.400. The number of hydrogen-bond donors (Lipinski definition) is 1. The number of benzene rings is 1. The number of rotatable bonds is 6. The third-order valence-electron chi connectivity index (χ3n) is 2.87. The van der Waals surface area contributed by atoms with E-state index in [4.69, 9.17) is 0 Å². The van der Waals surface area contributed by atoms with Gasteiger partial charge in [0, 0.05) is 24.7 Å². The van der Waals surface area contributed by atoms with Crippen LogP contribution in [0.3, 0.4) is 0 Å². The Kier molecular flexibility index (Phi) is 5.05. The molecule has 2 aromatic rings. The highest BCUT2D eigenvalue weighted by atomic mass is 32.2. The van der Waals surface area contributed by atoms with Crippen molar-refractivity contribution in [1.82, 2.24) is 15.1 Å². The largest absolute Gasteiger partial charge is 0.313 e. The SMILES string of the molecule is CCCNCc1cc(C)ccc1Sc1cnn(C)c1. The van der Waals surface area contributed by atoms with Crippen LogP contribution in [-0.2, 0) is 13.6 Å². The molecule has 0 fully saturated rings. The lowest BCUT2D eigenvalue weighted by molar-refractivity contribution is 0.669. The van der Waals surface area contributed by atoms with Crippen LogP contribution >= 0.6 is 11.8 Å². The molecule has 1 aromatic carbocycles. The molecule has 0 saturated carbocycles. The predicted molar refractivity (Wildman–Crippen MR) is 80.5 cm³/mol. The van der Waals surface area contributed by atoms with Crippen LogP contribution < -0.4 is 5.32 Å². The van der Waals surface area contributed by atoms with Crippen molar-refractivity contribution < 1.29 is 0 Å². The van der Waals surface area contributed by atoms with Crippen molar-refractivity contribution >= 4 is 11.8 Å². The summed E-state index contributed by atoms with van der Waals surface area (Å²) in [6.45, 7) is 6.32. The summed E-state index contributed by atoms with van der Waals surface area (Å²) in [5.41, 5.74) is 2.67. The molecule has 0 aliphatic carbocycles. The van der Waals surface area contributed by atoms with E-state index < -0.39 is 0 Å². The molecule has 0 amide bonds. The van der Waals surface area contributed by atoms with Crippen LogP contribution in [0.1, 0.15) is 24.5 Å². The van der Waals surface area contributed by atoms with Gasteiger partial charge in [-0.2, -0.15) is 5.10 Å². The summed E-state index contributed by atoms with van der Waals surface area (Å²) in [7, 11) is 1.95. The molecule has 1 N–H and O–H groups in total. The van der Waals surface area contributed by atoms with Gasteiger partial charge < -0.3 is 5.32 Å². The Labute approximate surface area is 119 Å². The van der Waals surface area contributed by atoms with Crippen molar-refractivity contribution in [3.63, 3.8) is 0 Å². The average Bonchev–Trinajstić information content (AvgIpc) is 2.78. The zero-order chi connectivity index (χ0) is 13.7. The van der Waals surface area contributed by atoms with E-state index in [0.717, 1.165) is 19.5 Å². The Morgan fingerprint density at radius 1 is 1.37 bits per heavy atom. The van der Waals surface area contributed by atoms with Gasteiger partial charge in [-0.1, -0.05) is 36.4 Å². The van der Waals surface area contributed by atoms with Crippen LogP contribution in [0.25, 0.3) is 0 Å². The molecule has 0 spiro atoms. The predicted octanol–water partition coefficient (Wildman–Crippen LogP) is 3.38. The van der Waals surface area contributed by atoms with E-state index in [9.17, 15) is 0 Å². The Balaban J connectivity index is 2.14. The number of aromatic nitrogens is 2. The van der Waals surface area contributed by atoms with Crippen LogP contribution in [-0.4, -0.2) is 16.3 Å². The summed E-state index contributed by atoms with van der Waals surface area (Å²) in [6, 6.07) is 6.64. The molecule has 1 heterocycles. The van der Waals surface area contributed by atoms with Crippen LogP contribution in [0, 0.1) is 6.92 Å². The number of aryl methyl sites for hydroxylation is 2. The van der Waals surface area contributed by atoms with E-state index in [2.05, 4.69) is 42.5 Å². The minimum Gasteiger partial charge on any atom is -0.313 e. The molecule has 102 valence electrons. The molecule has 0 bridgehead atoms. The molecule has 4 heteroatoms. The van der Waals surface area contributed by atoms with Gasteiger partial charge in [-0.25, -0.2) is 0 Å². The Morgan fingerprint density at radius 2 is 2.21 bits per heavy atom. The zero-order valence-corrected chi connectivity index (χ0v) is 12.6. The van der Waals surface area contributed by atoms with E-state index in [1.807, 2.05) is 24.1 Å². The lowest BCUT2D eigenvalue weighted by Crippen LogP contribution is -2.14. The third kappa shape index (κ3) is 4.11. The van der Waals surface area contributed by atoms with E-state index in [1.54, 1.807) is 11.8 Å². The van der Waals surface area contributed by atoms with E-state index >= 15 is 0 Å². The molecule has 19 heavy (non-hydrogen) atoms. The molecule has 0 aliphatic heterocycles. The van der Waals surface area contributed by atoms with Gasteiger partial charge in [0.25, 0.3) is 0 Å². The highest BCUT2D eigenvalue weighted by Crippen LogP contribution is 2.30. The molecular weight excluding hydrogens is 254 g/mol. The van der Waals surface area contributed by atoms with Crippen LogP contribution in [0.5, 0.6) is 0 Å². The van der Waals surface area contributed by atoms with Gasteiger partial charge in [-0.3, -0.25) is 4.68 Å². The molecule has 0 unspecified atom stereocenters.